The van der Waals surface area contributed by atoms with Crippen molar-refractivity contribution in [3.05, 3.63) is 53.3 Å². The first kappa shape index (κ1) is 15.3. The maximum Gasteiger partial charge on any atom is 0.122 e. The number of methoxy groups -OCH3 is 1. The first-order valence-corrected chi connectivity index (χ1v) is 7.03. The first-order chi connectivity index (χ1) is 9.99. The molecule has 0 spiro atoms. The number of hydrogen-bond donors (Lipinski definition) is 1. The molecule has 0 saturated heterocycles. The van der Waals surface area contributed by atoms with Crippen molar-refractivity contribution in [1.82, 2.24) is 4.98 Å². The molecule has 0 bridgehead atoms. The Balaban J connectivity index is 2.21. The number of aryl methyl sites for hydroxylation is 1. The summed E-state index contributed by atoms with van der Waals surface area (Å²) in [6.45, 7) is 2.64. The Morgan fingerprint density at radius 1 is 1.33 bits per heavy atom. The molecule has 110 valence electrons. The lowest BCUT2D eigenvalue weighted by atomic mass is 10.2. The largest absolute Gasteiger partial charge is 0.497 e. The average molecular weight is 301 g/mol. The highest BCUT2D eigenvalue weighted by molar-refractivity contribution is 7.80. The SMILES string of the molecule is COc1cc(C)nc(CN(C)c2cccc(C(N)=S)c2)c1. The molecule has 0 aliphatic carbocycles. The van der Waals surface area contributed by atoms with Crippen LogP contribution in [0.1, 0.15) is 17.0 Å². The highest BCUT2D eigenvalue weighted by atomic mass is 32.1. The summed E-state index contributed by atoms with van der Waals surface area (Å²) >= 11 is 5.02. The van der Waals surface area contributed by atoms with Gasteiger partial charge in [-0.05, 0) is 19.1 Å². The summed E-state index contributed by atoms with van der Waals surface area (Å²) in [5.41, 5.74) is 9.48. The maximum absolute atomic E-state index is 5.68. The van der Waals surface area contributed by atoms with Crippen LogP contribution in [-0.4, -0.2) is 24.1 Å². The molecule has 1 aromatic carbocycles. The van der Waals surface area contributed by atoms with Gasteiger partial charge < -0.3 is 15.4 Å². The molecule has 0 radical (unpaired) electrons. The van der Waals surface area contributed by atoms with E-state index in [1.165, 1.54) is 0 Å². The number of thiocarbonyl (C=S) groups is 1. The molecular weight excluding hydrogens is 282 g/mol. The Morgan fingerprint density at radius 2 is 2.10 bits per heavy atom. The van der Waals surface area contributed by atoms with Crippen LogP contribution in [0.2, 0.25) is 0 Å². The zero-order valence-electron chi connectivity index (χ0n) is 12.5. The van der Waals surface area contributed by atoms with Gasteiger partial charge in [-0.15, -0.1) is 0 Å². The number of anilines is 1. The third-order valence-electron chi connectivity index (χ3n) is 3.19. The van der Waals surface area contributed by atoms with Crippen LogP contribution in [0.25, 0.3) is 0 Å². The van der Waals surface area contributed by atoms with Crippen LogP contribution in [0.5, 0.6) is 5.75 Å². The number of hydrogen-bond acceptors (Lipinski definition) is 4. The lowest BCUT2D eigenvalue weighted by Crippen LogP contribution is -2.18. The highest BCUT2D eigenvalue weighted by Crippen LogP contribution is 2.19. The van der Waals surface area contributed by atoms with Crippen LogP contribution in [0.3, 0.4) is 0 Å². The third-order valence-corrected chi connectivity index (χ3v) is 3.42. The number of pyridine rings is 1. The molecule has 21 heavy (non-hydrogen) atoms. The van der Waals surface area contributed by atoms with E-state index in [2.05, 4.69) is 9.88 Å². The van der Waals surface area contributed by atoms with E-state index < -0.39 is 0 Å². The second-order valence-corrected chi connectivity index (χ2v) is 5.35. The molecule has 1 aromatic heterocycles. The van der Waals surface area contributed by atoms with E-state index >= 15 is 0 Å². The van der Waals surface area contributed by atoms with Crippen molar-refractivity contribution in [3.63, 3.8) is 0 Å². The van der Waals surface area contributed by atoms with Crippen molar-refractivity contribution in [2.75, 3.05) is 19.1 Å². The van der Waals surface area contributed by atoms with Crippen LogP contribution in [0, 0.1) is 6.92 Å². The number of ether oxygens (including phenoxy) is 1. The van der Waals surface area contributed by atoms with Gasteiger partial charge in [0.2, 0.25) is 0 Å². The summed E-state index contributed by atoms with van der Waals surface area (Å²) in [5, 5.41) is 0. The fourth-order valence-corrected chi connectivity index (χ4v) is 2.26. The second kappa shape index (κ2) is 6.54. The van der Waals surface area contributed by atoms with Gasteiger partial charge in [0.15, 0.2) is 0 Å². The Morgan fingerprint density at radius 3 is 2.76 bits per heavy atom. The standard InChI is InChI=1S/C16H19N3OS/c1-11-7-15(20-3)9-13(18-11)10-19(2)14-6-4-5-12(8-14)16(17)21/h4-9H,10H2,1-3H3,(H2,17,21). The number of aromatic nitrogens is 1. The summed E-state index contributed by atoms with van der Waals surface area (Å²) in [6.07, 6.45) is 0. The van der Waals surface area contributed by atoms with Crippen molar-refractivity contribution < 1.29 is 4.74 Å². The normalized spacial score (nSPS) is 10.2. The van der Waals surface area contributed by atoms with E-state index in [1.807, 2.05) is 50.4 Å². The smallest absolute Gasteiger partial charge is 0.122 e. The molecule has 0 aliphatic rings. The lowest BCUT2D eigenvalue weighted by Gasteiger charge is -2.20. The van der Waals surface area contributed by atoms with E-state index in [0.717, 1.165) is 28.4 Å². The van der Waals surface area contributed by atoms with Crippen LogP contribution in [0.4, 0.5) is 5.69 Å². The Kier molecular flexibility index (Phi) is 4.75. The molecule has 0 aliphatic heterocycles. The van der Waals surface area contributed by atoms with Gasteiger partial charge >= 0.3 is 0 Å². The quantitative estimate of drug-likeness (QED) is 0.861. The number of rotatable bonds is 5. The summed E-state index contributed by atoms with van der Waals surface area (Å²) in [7, 11) is 3.67. The van der Waals surface area contributed by atoms with Gasteiger partial charge in [-0.2, -0.15) is 0 Å². The van der Waals surface area contributed by atoms with Crippen molar-refractivity contribution in [2.45, 2.75) is 13.5 Å². The van der Waals surface area contributed by atoms with Crippen LogP contribution >= 0.6 is 12.2 Å². The van der Waals surface area contributed by atoms with Crippen molar-refractivity contribution in [2.24, 2.45) is 5.73 Å². The molecule has 2 N–H and O–H groups in total. The average Bonchev–Trinajstić information content (AvgIpc) is 2.46. The van der Waals surface area contributed by atoms with Crippen molar-refractivity contribution in [1.29, 1.82) is 0 Å². The molecule has 0 unspecified atom stereocenters. The third kappa shape index (κ3) is 3.92. The van der Waals surface area contributed by atoms with E-state index in [4.69, 9.17) is 22.7 Å². The molecule has 0 atom stereocenters. The molecule has 5 heteroatoms. The molecule has 4 nitrogen and oxygen atoms in total. The van der Waals surface area contributed by atoms with Crippen LogP contribution < -0.4 is 15.4 Å². The number of benzene rings is 1. The Labute approximate surface area is 130 Å². The van der Waals surface area contributed by atoms with Crippen LogP contribution in [0.15, 0.2) is 36.4 Å². The van der Waals surface area contributed by atoms with Gasteiger partial charge in [0.05, 0.1) is 19.3 Å². The molecule has 2 aromatic rings. The van der Waals surface area contributed by atoms with Gasteiger partial charge in [0.25, 0.3) is 0 Å². The topological polar surface area (TPSA) is 51.4 Å². The van der Waals surface area contributed by atoms with E-state index in [9.17, 15) is 0 Å². The molecular formula is C16H19N3OS. The van der Waals surface area contributed by atoms with E-state index in [0.29, 0.717) is 11.5 Å². The second-order valence-electron chi connectivity index (χ2n) is 4.91. The Hall–Kier alpha value is -2.14. The zero-order valence-corrected chi connectivity index (χ0v) is 13.3. The summed E-state index contributed by atoms with van der Waals surface area (Å²) < 4.78 is 5.28. The molecule has 2 rings (SSSR count). The minimum Gasteiger partial charge on any atom is -0.497 e. The summed E-state index contributed by atoms with van der Waals surface area (Å²) in [4.78, 5) is 7.04. The van der Waals surface area contributed by atoms with Gasteiger partial charge in [0, 0.05) is 36.1 Å². The van der Waals surface area contributed by atoms with E-state index in [1.54, 1.807) is 7.11 Å². The van der Waals surface area contributed by atoms with Crippen LogP contribution in [-0.2, 0) is 6.54 Å². The summed E-state index contributed by atoms with van der Waals surface area (Å²) in [6, 6.07) is 11.7. The zero-order chi connectivity index (χ0) is 15.4. The molecule has 0 saturated carbocycles. The predicted molar refractivity (Wildman–Crippen MR) is 90.0 cm³/mol. The molecule has 0 fully saturated rings. The monoisotopic (exact) mass is 301 g/mol. The van der Waals surface area contributed by atoms with Gasteiger partial charge in [0.1, 0.15) is 10.7 Å². The van der Waals surface area contributed by atoms with Gasteiger partial charge in [-0.3, -0.25) is 4.98 Å². The molecule has 0 amide bonds. The number of nitrogens with zero attached hydrogens (tertiary/aromatic N) is 2. The minimum atomic E-state index is 0.403. The maximum atomic E-state index is 5.68. The number of nitrogens with two attached hydrogens (primary N) is 1. The lowest BCUT2D eigenvalue weighted by molar-refractivity contribution is 0.413. The first-order valence-electron chi connectivity index (χ1n) is 6.62. The fourth-order valence-electron chi connectivity index (χ4n) is 2.13. The molecule has 1 heterocycles. The van der Waals surface area contributed by atoms with E-state index in [-0.39, 0.29) is 0 Å². The van der Waals surface area contributed by atoms with Crippen molar-refractivity contribution >= 4 is 22.9 Å². The fraction of sp³-hybridized carbons (Fsp3) is 0.250. The van der Waals surface area contributed by atoms with Gasteiger partial charge in [-0.25, -0.2) is 0 Å². The minimum absolute atomic E-state index is 0.403. The Bertz CT molecular complexity index is 658. The van der Waals surface area contributed by atoms with Gasteiger partial charge in [-0.1, -0.05) is 24.4 Å². The summed E-state index contributed by atoms with van der Waals surface area (Å²) in [5.74, 6) is 0.822. The van der Waals surface area contributed by atoms with Crippen molar-refractivity contribution in [3.8, 4) is 5.75 Å². The highest BCUT2D eigenvalue weighted by Gasteiger charge is 2.07. The predicted octanol–water partition coefficient (Wildman–Crippen LogP) is 2.67.